The van der Waals surface area contributed by atoms with Crippen LogP contribution in [0.2, 0.25) is 0 Å². The highest BCUT2D eigenvalue weighted by atomic mass is 32.1. The van der Waals surface area contributed by atoms with Gasteiger partial charge in [-0.2, -0.15) is 12.6 Å². The Labute approximate surface area is 286 Å². The van der Waals surface area contributed by atoms with Crippen LogP contribution in [-0.2, 0) is 33.2 Å². The van der Waals surface area contributed by atoms with E-state index in [1.807, 2.05) is 48.5 Å². The molecule has 0 aromatic heterocycles. The van der Waals surface area contributed by atoms with Gasteiger partial charge in [0.05, 0.1) is 0 Å². The molecule has 0 rings (SSSR count). The molecule has 274 valence electrons. The predicted octanol–water partition coefficient (Wildman–Crippen LogP) is 10.7. The topological polar surface area (TPSA) is 64.6 Å². The number of ether oxygens (including phenoxy) is 7. The van der Waals surface area contributed by atoms with E-state index in [-0.39, 0.29) is 12.0 Å². The van der Waals surface area contributed by atoms with E-state index in [1.165, 1.54) is 70.6 Å². The first kappa shape index (κ1) is 47.2. The quantitative estimate of drug-likeness (QED) is 0.0425. The molecule has 7 nitrogen and oxygen atoms in total. The molecule has 0 saturated carbocycles. The lowest BCUT2D eigenvalue weighted by atomic mass is 9.93. The van der Waals surface area contributed by atoms with Crippen LogP contribution in [0, 0.1) is 5.92 Å². The summed E-state index contributed by atoms with van der Waals surface area (Å²) in [6, 6.07) is 0. The first-order valence-corrected chi connectivity index (χ1v) is 19.6. The summed E-state index contributed by atoms with van der Waals surface area (Å²) in [5, 5.41) is 0. The van der Waals surface area contributed by atoms with Crippen LogP contribution in [0.1, 0.15) is 165 Å². The fraction of sp³-hybridized carbons (Fsp3) is 1.00. The van der Waals surface area contributed by atoms with E-state index in [9.17, 15) is 0 Å². The second-order valence-corrected chi connectivity index (χ2v) is 11.9. The van der Waals surface area contributed by atoms with E-state index in [2.05, 4.69) is 26.5 Å². The maximum atomic E-state index is 6.00. The van der Waals surface area contributed by atoms with Gasteiger partial charge in [0.1, 0.15) is 6.10 Å². The van der Waals surface area contributed by atoms with Crippen LogP contribution in [0.25, 0.3) is 0 Å². The van der Waals surface area contributed by atoms with E-state index in [0.29, 0.717) is 46.2 Å². The SMILES string of the molecule is CCCCCCCCC(CCCS)C(OCC)(OCC)OCC.CCCCCCCCC(OCC)C(OCC)(OCC)OCC. The Morgan fingerprint density at radius 2 is 0.756 bits per heavy atom. The van der Waals surface area contributed by atoms with Crippen LogP contribution in [0.3, 0.4) is 0 Å². The minimum Gasteiger partial charge on any atom is -0.370 e. The summed E-state index contributed by atoms with van der Waals surface area (Å²) in [6.45, 7) is 22.5. The van der Waals surface area contributed by atoms with Gasteiger partial charge in [-0.3, -0.25) is 0 Å². The largest absolute Gasteiger partial charge is 0.370 e. The predicted molar refractivity (Wildman–Crippen MR) is 193 cm³/mol. The van der Waals surface area contributed by atoms with Crippen molar-refractivity contribution in [3.8, 4) is 0 Å². The van der Waals surface area contributed by atoms with Gasteiger partial charge in [-0.05, 0) is 79.9 Å². The standard InChI is InChI=1S/C19H40O3S.C18H38O4/c1-5-9-10-11-12-13-15-18(16-14-17-23)19(20-6-2,21-7-3)22-8-4;1-6-11-12-13-14-15-16-17(19-7-2)18(20-8-3,21-9-4)22-10-5/h18,23H,5-17H2,1-4H3;17H,6-16H2,1-5H3. The molecule has 0 aromatic rings. The molecule has 0 bridgehead atoms. The van der Waals surface area contributed by atoms with E-state index in [4.69, 9.17) is 33.2 Å². The zero-order valence-corrected chi connectivity index (χ0v) is 32.3. The van der Waals surface area contributed by atoms with Gasteiger partial charge >= 0.3 is 5.97 Å². The lowest BCUT2D eigenvalue weighted by molar-refractivity contribution is -0.415. The fourth-order valence-electron chi connectivity index (χ4n) is 5.77. The number of rotatable bonds is 33. The molecule has 2 atom stereocenters. The zero-order chi connectivity index (χ0) is 34.1. The fourth-order valence-corrected chi connectivity index (χ4v) is 5.95. The third-order valence-electron chi connectivity index (χ3n) is 7.77. The minimum absolute atomic E-state index is 0.177. The van der Waals surface area contributed by atoms with Crippen LogP contribution in [-0.4, -0.2) is 70.1 Å². The average Bonchev–Trinajstić information content (AvgIpc) is 3.02. The van der Waals surface area contributed by atoms with Crippen molar-refractivity contribution >= 4 is 12.6 Å². The average molecular weight is 667 g/mol. The molecule has 0 radical (unpaired) electrons. The van der Waals surface area contributed by atoms with Crippen LogP contribution in [0.4, 0.5) is 0 Å². The normalized spacial score (nSPS) is 13.5. The molecule has 0 aromatic carbocycles. The van der Waals surface area contributed by atoms with Gasteiger partial charge in [0, 0.05) is 52.2 Å². The van der Waals surface area contributed by atoms with Crippen LogP contribution in [0.5, 0.6) is 0 Å². The molecule has 0 fully saturated rings. The molecular weight excluding hydrogens is 588 g/mol. The Morgan fingerprint density at radius 1 is 0.400 bits per heavy atom. The molecule has 0 N–H and O–H groups in total. The summed E-state index contributed by atoms with van der Waals surface area (Å²) < 4.78 is 41.5. The third-order valence-corrected chi connectivity index (χ3v) is 8.09. The van der Waals surface area contributed by atoms with Crippen molar-refractivity contribution < 1.29 is 33.2 Å². The highest BCUT2D eigenvalue weighted by Crippen LogP contribution is 2.34. The lowest BCUT2D eigenvalue weighted by Crippen LogP contribution is -2.51. The maximum absolute atomic E-state index is 6.00. The van der Waals surface area contributed by atoms with Crippen LogP contribution >= 0.6 is 12.6 Å². The molecular formula is C37H78O7S. The van der Waals surface area contributed by atoms with E-state index >= 15 is 0 Å². The molecule has 0 aliphatic carbocycles. The maximum Gasteiger partial charge on any atom is 0.310 e. The van der Waals surface area contributed by atoms with Gasteiger partial charge < -0.3 is 33.2 Å². The van der Waals surface area contributed by atoms with E-state index in [0.717, 1.165) is 37.9 Å². The van der Waals surface area contributed by atoms with Crippen molar-refractivity contribution in [2.45, 2.75) is 183 Å². The summed E-state index contributed by atoms with van der Waals surface area (Å²) in [6.07, 6.45) is 19.3. The van der Waals surface area contributed by atoms with Crippen molar-refractivity contribution in [2.24, 2.45) is 5.92 Å². The summed E-state index contributed by atoms with van der Waals surface area (Å²) >= 11 is 4.37. The van der Waals surface area contributed by atoms with Gasteiger partial charge in [0.15, 0.2) is 0 Å². The summed E-state index contributed by atoms with van der Waals surface area (Å²) in [5.74, 6) is -0.754. The Hall–Kier alpha value is 0.0700. The van der Waals surface area contributed by atoms with E-state index < -0.39 is 11.9 Å². The van der Waals surface area contributed by atoms with Crippen LogP contribution in [0.15, 0.2) is 0 Å². The van der Waals surface area contributed by atoms with Crippen molar-refractivity contribution in [1.82, 2.24) is 0 Å². The monoisotopic (exact) mass is 667 g/mol. The van der Waals surface area contributed by atoms with E-state index in [1.54, 1.807) is 0 Å². The Bertz CT molecular complexity index is 547. The summed E-state index contributed by atoms with van der Waals surface area (Å²) in [5.41, 5.74) is 0. The molecule has 0 aliphatic rings. The minimum atomic E-state index is -1.06. The van der Waals surface area contributed by atoms with Gasteiger partial charge in [-0.1, -0.05) is 90.9 Å². The first-order chi connectivity index (χ1) is 21.9. The van der Waals surface area contributed by atoms with Crippen molar-refractivity contribution in [3.63, 3.8) is 0 Å². The molecule has 0 amide bonds. The van der Waals surface area contributed by atoms with Gasteiger partial charge in [-0.15, -0.1) is 0 Å². The number of hydrogen-bond acceptors (Lipinski definition) is 8. The highest BCUT2D eigenvalue weighted by molar-refractivity contribution is 7.80. The van der Waals surface area contributed by atoms with Crippen molar-refractivity contribution in [3.05, 3.63) is 0 Å². The third kappa shape index (κ3) is 22.4. The van der Waals surface area contributed by atoms with Gasteiger partial charge in [0.25, 0.3) is 5.97 Å². The Morgan fingerprint density at radius 3 is 1.13 bits per heavy atom. The van der Waals surface area contributed by atoms with Gasteiger partial charge in [-0.25, -0.2) is 0 Å². The molecule has 0 heterocycles. The number of hydrogen-bond donors (Lipinski definition) is 1. The molecule has 0 aliphatic heterocycles. The van der Waals surface area contributed by atoms with Crippen molar-refractivity contribution in [1.29, 1.82) is 0 Å². The van der Waals surface area contributed by atoms with Crippen LogP contribution < -0.4 is 0 Å². The van der Waals surface area contributed by atoms with Gasteiger partial charge in [0.2, 0.25) is 0 Å². The number of thiol groups is 1. The molecule has 0 saturated heterocycles. The molecule has 2 unspecified atom stereocenters. The lowest BCUT2D eigenvalue weighted by Gasteiger charge is -2.39. The smallest absolute Gasteiger partial charge is 0.310 e. The molecule has 8 heteroatoms. The summed E-state index contributed by atoms with van der Waals surface area (Å²) in [4.78, 5) is 0. The second kappa shape index (κ2) is 34.0. The second-order valence-electron chi connectivity index (χ2n) is 11.4. The number of unbranched alkanes of at least 4 members (excludes halogenated alkanes) is 10. The van der Waals surface area contributed by atoms with Crippen molar-refractivity contribution in [2.75, 3.05) is 52.0 Å². The summed E-state index contributed by atoms with van der Waals surface area (Å²) in [7, 11) is 0. The Kier molecular flexibility index (Phi) is 35.6. The molecule has 45 heavy (non-hydrogen) atoms. The first-order valence-electron chi connectivity index (χ1n) is 19.0. The zero-order valence-electron chi connectivity index (χ0n) is 31.4. The Balaban J connectivity index is 0. The molecule has 0 spiro atoms. The highest BCUT2D eigenvalue weighted by Gasteiger charge is 2.43.